The number of hydrogen-bond acceptors (Lipinski definition) is 2. The quantitative estimate of drug-likeness (QED) is 0.810. The summed E-state index contributed by atoms with van der Waals surface area (Å²) in [6.07, 6.45) is 2.82. The molecule has 2 heteroatoms. The molecule has 2 rings (SSSR count). The molecule has 0 aromatic rings. The summed E-state index contributed by atoms with van der Waals surface area (Å²) in [5.74, 6) is 1.84. The molecule has 100 valence electrons. The second kappa shape index (κ2) is 4.55. The van der Waals surface area contributed by atoms with E-state index in [1.807, 2.05) is 0 Å². The molecule has 2 fully saturated rings. The number of nitrogens with one attached hydrogen (secondary N) is 1. The van der Waals surface area contributed by atoms with Crippen LogP contribution in [-0.2, 0) is 0 Å². The van der Waals surface area contributed by atoms with Crippen LogP contribution in [0.2, 0.25) is 0 Å². The van der Waals surface area contributed by atoms with E-state index >= 15 is 0 Å². The lowest BCUT2D eigenvalue weighted by molar-refractivity contribution is 0.287. The van der Waals surface area contributed by atoms with Gasteiger partial charge in [0.25, 0.3) is 0 Å². The SMILES string of the molecule is CC(C)(C)NCC1CCN(CC2CC2(C)C)C1. The monoisotopic (exact) mass is 238 g/mol. The number of likely N-dealkylation sites (tertiary alicyclic amines) is 1. The number of hydrogen-bond donors (Lipinski definition) is 1. The summed E-state index contributed by atoms with van der Waals surface area (Å²) in [5, 5.41) is 3.64. The van der Waals surface area contributed by atoms with Gasteiger partial charge in [-0.1, -0.05) is 13.8 Å². The first-order valence-electron chi connectivity index (χ1n) is 7.24. The van der Waals surface area contributed by atoms with Crippen molar-refractivity contribution in [2.75, 3.05) is 26.2 Å². The van der Waals surface area contributed by atoms with Crippen LogP contribution in [0, 0.1) is 17.3 Å². The Morgan fingerprint density at radius 1 is 1.29 bits per heavy atom. The molecule has 2 aliphatic rings. The zero-order valence-corrected chi connectivity index (χ0v) is 12.3. The van der Waals surface area contributed by atoms with Crippen molar-refractivity contribution in [1.29, 1.82) is 0 Å². The fourth-order valence-electron chi connectivity index (χ4n) is 2.90. The average molecular weight is 238 g/mol. The second-order valence-electron chi connectivity index (χ2n) is 7.93. The Hall–Kier alpha value is -0.0800. The van der Waals surface area contributed by atoms with E-state index in [-0.39, 0.29) is 5.54 Å². The normalized spacial score (nSPS) is 33.0. The highest BCUT2D eigenvalue weighted by atomic mass is 15.2. The summed E-state index contributed by atoms with van der Waals surface area (Å²) in [6.45, 7) is 16.8. The summed E-state index contributed by atoms with van der Waals surface area (Å²) >= 11 is 0. The van der Waals surface area contributed by atoms with Crippen molar-refractivity contribution >= 4 is 0 Å². The summed E-state index contributed by atoms with van der Waals surface area (Å²) < 4.78 is 0. The number of nitrogens with zero attached hydrogens (tertiary/aromatic N) is 1. The molecule has 0 amide bonds. The first kappa shape index (κ1) is 13.4. The summed E-state index contributed by atoms with van der Waals surface area (Å²) in [6, 6.07) is 0. The molecule has 1 heterocycles. The zero-order valence-electron chi connectivity index (χ0n) is 12.3. The smallest absolute Gasteiger partial charge is 0.00966 e. The topological polar surface area (TPSA) is 15.3 Å². The van der Waals surface area contributed by atoms with Crippen LogP contribution in [0.1, 0.15) is 47.5 Å². The molecule has 0 spiro atoms. The average Bonchev–Trinajstić information content (AvgIpc) is 2.61. The maximum absolute atomic E-state index is 3.64. The predicted molar refractivity (Wildman–Crippen MR) is 74.2 cm³/mol. The van der Waals surface area contributed by atoms with E-state index < -0.39 is 0 Å². The van der Waals surface area contributed by atoms with Crippen LogP contribution in [0.25, 0.3) is 0 Å². The van der Waals surface area contributed by atoms with Crippen LogP contribution in [-0.4, -0.2) is 36.6 Å². The van der Waals surface area contributed by atoms with E-state index in [1.54, 1.807) is 0 Å². The van der Waals surface area contributed by atoms with E-state index in [2.05, 4.69) is 44.8 Å². The van der Waals surface area contributed by atoms with Crippen LogP contribution in [0.4, 0.5) is 0 Å². The van der Waals surface area contributed by atoms with E-state index in [4.69, 9.17) is 0 Å². The molecule has 2 unspecified atom stereocenters. The van der Waals surface area contributed by atoms with Crippen molar-refractivity contribution in [2.45, 2.75) is 53.0 Å². The molecule has 1 aliphatic carbocycles. The highest BCUT2D eigenvalue weighted by molar-refractivity contribution is 4.97. The van der Waals surface area contributed by atoms with E-state index in [0.29, 0.717) is 5.41 Å². The highest BCUT2D eigenvalue weighted by Gasteiger charge is 2.46. The lowest BCUT2D eigenvalue weighted by Crippen LogP contribution is -2.39. The molecule has 0 aromatic carbocycles. The van der Waals surface area contributed by atoms with Gasteiger partial charge in [0.15, 0.2) is 0 Å². The zero-order chi connectivity index (χ0) is 12.7. The van der Waals surface area contributed by atoms with Crippen LogP contribution < -0.4 is 5.32 Å². The Morgan fingerprint density at radius 2 is 1.94 bits per heavy atom. The third kappa shape index (κ3) is 3.96. The van der Waals surface area contributed by atoms with Gasteiger partial charge in [-0.05, 0) is 64.0 Å². The summed E-state index contributed by atoms with van der Waals surface area (Å²) in [7, 11) is 0. The lowest BCUT2D eigenvalue weighted by atomic mass is 10.1. The van der Waals surface area contributed by atoms with Gasteiger partial charge in [-0.15, -0.1) is 0 Å². The molecule has 0 radical (unpaired) electrons. The van der Waals surface area contributed by atoms with Crippen molar-refractivity contribution in [3.05, 3.63) is 0 Å². The first-order valence-corrected chi connectivity index (χ1v) is 7.24. The van der Waals surface area contributed by atoms with Crippen molar-refractivity contribution in [2.24, 2.45) is 17.3 Å². The Morgan fingerprint density at radius 3 is 2.47 bits per heavy atom. The fourth-order valence-corrected chi connectivity index (χ4v) is 2.90. The minimum absolute atomic E-state index is 0.270. The molecule has 17 heavy (non-hydrogen) atoms. The molecule has 0 aromatic heterocycles. The minimum atomic E-state index is 0.270. The molecule has 1 N–H and O–H groups in total. The lowest BCUT2D eigenvalue weighted by Gasteiger charge is -2.23. The van der Waals surface area contributed by atoms with Crippen LogP contribution in [0.5, 0.6) is 0 Å². The van der Waals surface area contributed by atoms with Gasteiger partial charge in [0, 0.05) is 18.6 Å². The third-order valence-electron chi connectivity index (χ3n) is 4.49. The van der Waals surface area contributed by atoms with Gasteiger partial charge < -0.3 is 10.2 Å². The molecule has 1 aliphatic heterocycles. The van der Waals surface area contributed by atoms with Gasteiger partial charge >= 0.3 is 0 Å². The molecular weight excluding hydrogens is 208 g/mol. The van der Waals surface area contributed by atoms with Gasteiger partial charge in [0.1, 0.15) is 0 Å². The second-order valence-corrected chi connectivity index (χ2v) is 7.93. The molecular formula is C15H30N2. The maximum atomic E-state index is 3.64. The molecule has 2 nitrogen and oxygen atoms in total. The molecule has 0 bridgehead atoms. The molecule has 1 saturated carbocycles. The predicted octanol–water partition coefficient (Wildman–Crippen LogP) is 2.74. The van der Waals surface area contributed by atoms with Crippen LogP contribution in [0.15, 0.2) is 0 Å². The Balaban J connectivity index is 1.66. The maximum Gasteiger partial charge on any atom is 0.00966 e. The van der Waals surface area contributed by atoms with Crippen molar-refractivity contribution in [3.63, 3.8) is 0 Å². The van der Waals surface area contributed by atoms with Gasteiger partial charge in [-0.3, -0.25) is 0 Å². The first-order chi connectivity index (χ1) is 7.76. The Bertz CT molecular complexity index is 265. The Labute approximate surface area is 107 Å². The van der Waals surface area contributed by atoms with E-state index in [9.17, 15) is 0 Å². The van der Waals surface area contributed by atoms with Crippen LogP contribution >= 0.6 is 0 Å². The van der Waals surface area contributed by atoms with Gasteiger partial charge in [0.2, 0.25) is 0 Å². The highest BCUT2D eigenvalue weighted by Crippen LogP contribution is 2.52. The van der Waals surface area contributed by atoms with Crippen molar-refractivity contribution < 1.29 is 0 Å². The van der Waals surface area contributed by atoms with E-state index in [0.717, 1.165) is 11.8 Å². The number of rotatable bonds is 4. The molecule has 1 saturated heterocycles. The van der Waals surface area contributed by atoms with Gasteiger partial charge in [-0.2, -0.15) is 0 Å². The van der Waals surface area contributed by atoms with Gasteiger partial charge in [-0.25, -0.2) is 0 Å². The molecule has 2 atom stereocenters. The fraction of sp³-hybridized carbons (Fsp3) is 1.00. The van der Waals surface area contributed by atoms with E-state index in [1.165, 1.54) is 39.0 Å². The van der Waals surface area contributed by atoms with Crippen molar-refractivity contribution in [1.82, 2.24) is 10.2 Å². The standard InChI is InChI=1S/C15H30N2/c1-14(2,3)16-9-12-6-7-17(10-12)11-13-8-15(13,4)5/h12-13,16H,6-11H2,1-5H3. The third-order valence-corrected chi connectivity index (χ3v) is 4.49. The van der Waals surface area contributed by atoms with Crippen molar-refractivity contribution in [3.8, 4) is 0 Å². The summed E-state index contributed by atoms with van der Waals surface area (Å²) in [5.41, 5.74) is 0.910. The van der Waals surface area contributed by atoms with Gasteiger partial charge in [0.05, 0.1) is 0 Å². The Kier molecular flexibility index (Phi) is 3.57. The minimum Gasteiger partial charge on any atom is -0.312 e. The van der Waals surface area contributed by atoms with Crippen LogP contribution in [0.3, 0.4) is 0 Å². The largest absolute Gasteiger partial charge is 0.312 e. The summed E-state index contributed by atoms with van der Waals surface area (Å²) in [4.78, 5) is 2.69.